The van der Waals surface area contributed by atoms with Crippen LogP contribution in [0.3, 0.4) is 0 Å². The molecule has 0 spiro atoms. The Bertz CT molecular complexity index is 917. The Hall–Kier alpha value is -3.48. The molecule has 2 aromatic rings. The van der Waals surface area contributed by atoms with Gasteiger partial charge in [-0.1, -0.05) is 5.16 Å². The van der Waals surface area contributed by atoms with E-state index in [1.54, 1.807) is 6.92 Å². The number of aryl methyl sites for hydroxylation is 1. The number of carbonyl (C=O) groups excluding carboxylic acids is 1. The predicted molar refractivity (Wildman–Crippen MR) is 84.5 cm³/mol. The molecule has 1 aromatic heterocycles. The monoisotopic (exact) mass is 362 g/mol. The zero-order valence-electron chi connectivity index (χ0n) is 13.3. The lowest BCUT2D eigenvalue weighted by Gasteiger charge is -2.06. The number of nitrogens with one attached hydrogen (secondary N) is 2. The van der Waals surface area contributed by atoms with Gasteiger partial charge in [-0.2, -0.15) is 5.26 Å². The van der Waals surface area contributed by atoms with Crippen molar-refractivity contribution in [2.45, 2.75) is 12.8 Å². The van der Waals surface area contributed by atoms with E-state index in [-0.39, 0.29) is 17.1 Å². The third-order valence-electron chi connectivity index (χ3n) is 3.98. The van der Waals surface area contributed by atoms with Crippen LogP contribution in [0.2, 0.25) is 0 Å². The second kappa shape index (κ2) is 6.11. The first-order chi connectivity index (χ1) is 12.3. The van der Waals surface area contributed by atoms with E-state index in [0.717, 1.165) is 0 Å². The number of hydrogen-bond acceptors (Lipinski definition) is 5. The quantitative estimate of drug-likeness (QED) is 0.767. The molecule has 1 aliphatic carbocycles. The van der Waals surface area contributed by atoms with E-state index < -0.39 is 29.8 Å². The van der Waals surface area contributed by atoms with Gasteiger partial charge in [0.25, 0.3) is 5.92 Å². The van der Waals surface area contributed by atoms with E-state index in [2.05, 4.69) is 15.8 Å². The number of benzene rings is 1. The Morgan fingerprint density at radius 3 is 2.50 bits per heavy atom. The molecule has 8 nitrogen and oxygen atoms in total. The maximum atomic E-state index is 13.3. The number of aromatic nitrogens is 1. The van der Waals surface area contributed by atoms with Crippen molar-refractivity contribution in [1.29, 1.82) is 5.26 Å². The zero-order valence-corrected chi connectivity index (χ0v) is 13.3. The number of anilines is 2. The van der Waals surface area contributed by atoms with Gasteiger partial charge in [-0.25, -0.2) is 13.6 Å². The van der Waals surface area contributed by atoms with E-state index >= 15 is 0 Å². The molecule has 134 valence electrons. The van der Waals surface area contributed by atoms with Gasteiger partial charge in [-0.3, -0.25) is 10.1 Å². The number of hydrogen-bond donors (Lipinski definition) is 3. The van der Waals surface area contributed by atoms with Crippen LogP contribution in [0.1, 0.15) is 5.69 Å². The van der Waals surface area contributed by atoms with Crippen LogP contribution in [0.25, 0.3) is 11.3 Å². The minimum atomic E-state index is -3.31. The molecule has 10 heteroatoms. The number of alkyl halides is 2. The Kier molecular flexibility index (Phi) is 4.07. The molecule has 0 aliphatic heterocycles. The summed E-state index contributed by atoms with van der Waals surface area (Å²) in [7, 11) is 0. The van der Waals surface area contributed by atoms with Crippen LogP contribution in [0.5, 0.6) is 0 Å². The van der Waals surface area contributed by atoms with Gasteiger partial charge in [-0.15, -0.1) is 0 Å². The standard InChI is InChI=1S/C16H12F2N4O4/c1-7-12(21-15(24)25)13(26-22-7)8-2-4-9(5-3-8)20-14(23)11-10(6-19)16(11,17)18/h2-5,10-11,21H,1H3,(H,20,23)(H,24,25). The van der Waals surface area contributed by atoms with Crippen molar-refractivity contribution < 1.29 is 28.0 Å². The first-order valence-corrected chi connectivity index (χ1v) is 7.40. The maximum absolute atomic E-state index is 13.3. The van der Waals surface area contributed by atoms with Gasteiger partial charge in [0.1, 0.15) is 23.2 Å². The Labute approximate surface area is 145 Å². The Morgan fingerprint density at radius 1 is 1.31 bits per heavy atom. The van der Waals surface area contributed by atoms with Crippen molar-refractivity contribution in [2.24, 2.45) is 11.8 Å². The highest BCUT2D eigenvalue weighted by molar-refractivity contribution is 5.96. The molecule has 1 heterocycles. The van der Waals surface area contributed by atoms with Crippen LogP contribution in [0, 0.1) is 30.1 Å². The van der Waals surface area contributed by atoms with E-state index in [4.69, 9.17) is 14.9 Å². The molecule has 26 heavy (non-hydrogen) atoms. The second-order valence-corrected chi connectivity index (χ2v) is 5.73. The van der Waals surface area contributed by atoms with Crippen LogP contribution in [-0.4, -0.2) is 28.2 Å². The van der Waals surface area contributed by atoms with Crippen molar-refractivity contribution in [2.75, 3.05) is 10.6 Å². The Balaban J connectivity index is 1.75. The molecule has 2 amide bonds. The zero-order chi connectivity index (χ0) is 19.1. The second-order valence-electron chi connectivity index (χ2n) is 5.73. The summed E-state index contributed by atoms with van der Waals surface area (Å²) in [6.07, 6.45) is -1.28. The number of nitriles is 1. The van der Waals surface area contributed by atoms with Crippen molar-refractivity contribution in [3.8, 4) is 17.4 Å². The number of rotatable bonds is 4. The van der Waals surface area contributed by atoms with Crippen LogP contribution in [-0.2, 0) is 4.79 Å². The molecule has 1 aliphatic rings. The maximum Gasteiger partial charge on any atom is 0.409 e. The van der Waals surface area contributed by atoms with Crippen LogP contribution >= 0.6 is 0 Å². The minimum absolute atomic E-state index is 0.182. The molecule has 3 rings (SSSR count). The van der Waals surface area contributed by atoms with Gasteiger partial charge in [0.05, 0.1) is 6.07 Å². The third-order valence-corrected chi connectivity index (χ3v) is 3.98. The number of nitrogens with zero attached hydrogens (tertiary/aromatic N) is 2. The summed E-state index contributed by atoms with van der Waals surface area (Å²) in [5, 5.41) is 25.7. The van der Waals surface area contributed by atoms with Crippen molar-refractivity contribution in [3.63, 3.8) is 0 Å². The molecule has 1 aromatic carbocycles. The molecular formula is C16H12F2N4O4. The number of halogens is 2. The summed E-state index contributed by atoms with van der Waals surface area (Å²) in [6.45, 7) is 1.56. The van der Waals surface area contributed by atoms with E-state index in [1.807, 2.05) is 0 Å². The largest absolute Gasteiger partial charge is 0.465 e. The predicted octanol–water partition coefficient (Wildman–Crippen LogP) is 3.08. The fourth-order valence-corrected chi connectivity index (χ4v) is 2.56. The van der Waals surface area contributed by atoms with Crippen LogP contribution in [0.15, 0.2) is 28.8 Å². The van der Waals surface area contributed by atoms with Crippen molar-refractivity contribution >= 4 is 23.4 Å². The third kappa shape index (κ3) is 2.95. The summed E-state index contributed by atoms with van der Waals surface area (Å²) in [6, 6.07) is 7.32. The van der Waals surface area contributed by atoms with Gasteiger partial charge >= 0.3 is 6.09 Å². The number of amides is 2. The normalized spacial score (nSPS) is 20.1. The lowest BCUT2D eigenvalue weighted by atomic mass is 10.1. The van der Waals surface area contributed by atoms with Crippen molar-refractivity contribution in [3.05, 3.63) is 30.0 Å². The molecule has 2 atom stereocenters. The van der Waals surface area contributed by atoms with Gasteiger partial charge in [0.2, 0.25) is 5.91 Å². The fourth-order valence-electron chi connectivity index (χ4n) is 2.56. The molecule has 3 N–H and O–H groups in total. The first-order valence-electron chi connectivity index (χ1n) is 7.40. The van der Waals surface area contributed by atoms with E-state index in [0.29, 0.717) is 11.3 Å². The van der Waals surface area contributed by atoms with E-state index in [1.165, 1.54) is 30.3 Å². The fraction of sp³-hybridized carbons (Fsp3) is 0.250. The summed E-state index contributed by atoms with van der Waals surface area (Å²) >= 11 is 0. The highest BCUT2D eigenvalue weighted by Crippen LogP contribution is 2.55. The van der Waals surface area contributed by atoms with Gasteiger partial charge < -0.3 is 14.9 Å². The molecule has 1 fully saturated rings. The summed E-state index contributed by atoms with van der Waals surface area (Å²) in [4.78, 5) is 22.7. The van der Waals surface area contributed by atoms with Gasteiger partial charge in [0.15, 0.2) is 5.76 Å². The van der Waals surface area contributed by atoms with Gasteiger partial charge in [0, 0.05) is 11.3 Å². The Morgan fingerprint density at radius 2 is 1.96 bits per heavy atom. The number of carboxylic acid groups (broad SMARTS) is 1. The average Bonchev–Trinajstić information content (AvgIpc) is 2.97. The highest BCUT2D eigenvalue weighted by Gasteiger charge is 2.72. The highest BCUT2D eigenvalue weighted by atomic mass is 19.3. The lowest BCUT2D eigenvalue weighted by molar-refractivity contribution is -0.119. The van der Waals surface area contributed by atoms with Gasteiger partial charge in [-0.05, 0) is 31.2 Å². The minimum Gasteiger partial charge on any atom is -0.465 e. The average molecular weight is 362 g/mol. The smallest absolute Gasteiger partial charge is 0.409 e. The molecule has 2 unspecified atom stereocenters. The van der Waals surface area contributed by atoms with Crippen LogP contribution < -0.4 is 10.6 Å². The SMILES string of the molecule is Cc1noc(-c2ccc(NC(=O)C3C(C#N)C3(F)F)cc2)c1NC(=O)O. The van der Waals surface area contributed by atoms with Crippen molar-refractivity contribution in [1.82, 2.24) is 5.16 Å². The first kappa shape index (κ1) is 17.3. The lowest BCUT2D eigenvalue weighted by Crippen LogP contribution is -2.17. The molecular weight excluding hydrogens is 350 g/mol. The molecule has 0 bridgehead atoms. The number of carbonyl (C=O) groups is 2. The molecule has 0 radical (unpaired) electrons. The molecule has 0 saturated heterocycles. The summed E-state index contributed by atoms with van der Waals surface area (Å²) in [5.74, 6) is -7.33. The summed E-state index contributed by atoms with van der Waals surface area (Å²) < 4.78 is 31.7. The summed E-state index contributed by atoms with van der Waals surface area (Å²) in [5.41, 5.74) is 1.25. The topological polar surface area (TPSA) is 128 Å². The van der Waals surface area contributed by atoms with E-state index in [9.17, 15) is 18.4 Å². The van der Waals surface area contributed by atoms with Crippen LogP contribution in [0.4, 0.5) is 25.0 Å². The molecule has 1 saturated carbocycles.